The zero-order chi connectivity index (χ0) is 23.4. The largest absolute Gasteiger partial charge is 0.490 e. The number of carbonyl (C=O) groups excluding carboxylic acids is 3. The fourth-order valence-electron chi connectivity index (χ4n) is 3.20. The topological polar surface area (TPSA) is 84.9 Å². The summed E-state index contributed by atoms with van der Waals surface area (Å²) in [7, 11) is 0. The molecule has 1 fully saturated rings. The van der Waals surface area contributed by atoms with Gasteiger partial charge in [-0.05, 0) is 90.2 Å². The minimum atomic E-state index is -0.778. The lowest BCUT2D eigenvalue weighted by molar-refractivity contribution is -0.122. The van der Waals surface area contributed by atoms with Crippen molar-refractivity contribution in [3.63, 3.8) is 0 Å². The summed E-state index contributed by atoms with van der Waals surface area (Å²) in [5, 5.41) is 2.25. The second-order valence-electron chi connectivity index (χ2n) is 7.34. The Bertz CT molecular complexity index is 1110. The highest BCUT2D eigenvalue weighted by Gasteiger charge is 2.37. The number of hydrogen-bond donors (Lipinski definition) is 1. The van der Waals surface area contributed by atoms with Crippen molar-refractivity contribution in [1.82, 2.24) is 5.32 Å². The number of imide groups is 2. The molecule has 7 nitrogen and oxygen atoms in total. The fraction of sp³-hybridized carbons (Fsp3) is 0.292. The molecular formula is C24H25BrN2O5. The maximum absolute atomic E-state index is 13.2. The number of benzene rings is 2. The lowest BCUT2D eigenvalue weighted by Gasteiger charge is -2.27. The Balaban J connectivity index is 2.02. The van der Waals surface area contributed by atoms with Crippen LogP contribution in [0.4, 0.5) is 10.5 Å². The molecule has 0 aliphatic carbocycles. The second-order valence-corrected chi connectivity index (χ2v) is 8.19. The molecule has 0 radical (unpaired) electrons. The van der Waals surface area contributed by atoms with E-state index < -0.39 is 17.8 Å². The maximum atomic E-state index is 13.2. The van der Waals surface area contributed by atoms with Gasteiger partial charge in [0.15, 0.2) is 11.5 Å². The third-order valence-corrected chi connectivity index (χ3v) is 5.53. The van der Waals surface area contributed by atoms with Gasteiger partial charge >= 0.3 is 6.03 Å². The van der Waals surface area contributed by atoms with Crippen molar-refractivity contribution < 1.29 is 23.9 Å². The monoisotopic (exact) mass is 500 g/mol. The van der Waals surface area contributed by atoms with Gasteiger partial charge in [-0.1, -0.05) is 13.0 Å². The third kappa shape index (κ3) is 4.85. The molecular weight excluding hydrogens is 476 g/mol. The SMILES string of the molecule is CCCOc1c(Br)cc(/C=C2\C(=O)NC(=O)N(c3ccc(C)c(C)c3)C2=O)cc1OCC. The molecule has 0 saturated carbocycles. The Kier molecular flexibility index (Phi) is 7.35. The van der Waals surface area contributed by atoms with Crippen LogP contribution in [0.15, 0.2) is 40.4 Å². The van der Waals surface area contributed by atoms with Crippen LogP contribution in [0, 0.1) is 13.8 Å². The number of nitrogens with zero attached hydrogens (tertiary/aromatic N) is 1. The van der Waals surface area contributed by atoms with Gasteiger partial charge in [0.05, 0.1) is 23.4 Å². The predicted octanol–water partition coefficient (Wildman–Crippen LogP) is 4.92. The summed E-state index contributed by atoms with van der Waals surface area (Å²) in [6.45, 7) is 8.63. The van der Waals surface area contributed by atoms with Crippen molar-refractivity contribution in [2.75, 3.05) is 18.1 Å². The predicted molar refractivity (Wildman–Crippen MR) is 126 cm³/mol. The molecule has 0 aromatic heterocycles. The number of amides is 4. The van der Waals surface area contributed by atoms with Gasteiger partial charge in [0.25, 0.3) is 11.8 Å². The molecule has 1 aliphatic heterocycles. The van der Waals surface area contributed by atoms with E-state index in [2.05, 4.69) is 21.2 Å². The van der Waals surface area contributed by atoms with Crippen LogP contribution in [-0.2, 0) is 9.59 Å². The number of halogens is 1. The van der Waals surface area contributed by atoms with Crippen LogP contribution < -0.4 is 19.7 Å². The molecule has 0 bridgehead atoms. The molecule has 0 spiro atoms. The first-order chi connectivity index (χ1) is 15.3. The summed E-state index contributed by atoms with van der Waals surface area (Å²) >= 11 is 3.48. The van der Waals surface area contributed by atoms with Crippen LogP contribution in [0.1, 0.15) is 37.0 Å². The molecule has 2 aromatic carbocycles. The van der Waals surface area contributed by atoms with E-state index in [0.29, 0.717) is 40.4 Å². The summed E-state index contributed by atoms with van der Waals surface area (Å²) in [5.41, 5.74) is 2.76. The highest BCUT2D eigenvalue weighted by molar-refractivity contribution is 9.10. The Hall–Kier alpha value is -3.13. The number of ether oxygens (including phenoxy) is 2. The molecule has 1 N–H and O–H groups in total. The smallest absolute Gasteiger partial charge is 0.335 e. The second kappa shape index (κ2) is 9.99. The van der Waals surface area contributed by atoms with Gasteiger partial charge in [0.1, 0.15) is 5.57 Å². The molecule has 4 amide bonds. The lowest BCUT2D eigenvalue weighted by Crippen LogP contribution is -2.54. The maximum Gasteiger partial charge on any atom is 0.335 e. The number of hydrogen-bond acceptors (Lipinski definition) is 5. The van der Waals surface area contributed by atoms with Crippen molar-refractivity contribution in [2.45, 2.75) is 34.1 Å². The highest BCUT2D eigenvalue weighted by Crippen LogP contribution is 2.38. The lowest BCUT2D eigenvalue weighted by atomic mass is 10.0. The molecule has 32 heavy (non-hydrogen) atoms. The van der Waals surface area contributed by atoms with Gasteiger partial charge in [-0.2, -0.15) is 0 Å². The van der Waals surface area contributed by atoms with Crippen LogP contribution in [0.5, 0.6) is 11.5 Å². The number of nitrogens with one attached hydrogen (secondary N) is 1. The number of urea groups is 1. The Morgan fingerprint density at radius 1 is 1.03 bits per heavy atom. The van der Waals surface area contributed by atoms with Crippen molar-refractivity contribution in [3.8, 4) is 11.5 Å². The average molecular weight is 501 g/mol. The molecule has 2 aromatic rings. The number of rotatable bonds is 7. The van der Waals surface area contributed by atoms with Crippen molar-refractivity contribution >= 4 is 45.5 Å². The van der Waals surface area contributed by atoms with Gasteiger partial charge in [-0.3, -0.25) is 14.9 Å². The first-order valence-electron chi connectivity index (χ1n) is 10.3. The van der Waals surface area contributed by atoms with Gasteiger partial charge in [-0.25, -0.2) is 9.69 Å². The van der Waals surface area contributed by atoms with E-state index in [4.69, 9.17) is 9.47 Å². The summed E-state index contributed by atoms with van der Waals surface area (Å²) < 4.78 is 12.1. The summed E-state index contributed by atoms with van der Waals surface area (Å²) in [4.78, 5) is 39.1. The van der Waals surface area contributed by atoms with E-state index in [9.17, 15) is 14.4 Å². The van der Waals surface area contributed by atoms with E-state index in [-0.39, 0.29) is 5.57 Å². The standard InChI is InChI=1S/C24H25BrN2O5/c1-5-9-32-21-19(25)12-16(13-20(21)31-6-2)11-18-22(28)26-24(30)27(23(18)29)17-8-7-14(3)15(4)10-17/h7-8,10-13H,5-6,9H2,1-4H3,(H,26,28,30)/b18-11+. The van der Waals surface area contributed by atoms with E-state index in [0.717, 1.165) is 22.4 Å². The molecule has 0 unspecified atom stereocenters. The molecule has 168 valence electrons. The van der Waals surface area contributed by atoms with Crippen molar-refractivity contribution in [1.29, 1.82) is 0 Å². The molecule has 3 rings (SSSR count). The number of aryl methyl sites for hydroxylation is 2. The normalized spacial score (nSPS) is 15.2. The quantitative estimate of drug-likeness (QED) is 0.430. The van der Waals surface area contributed by atoms with Crippen LogP contribution >= 0.6 is 15.9 Å². The van der Waals surface area contributed by atoms with E-state index in [1.165, 1.54) is 6.08 Å². The summed E-state index contributed by atoms with van der Waals surface area (Å²) in [6.07, 6.45) is 2.27. The Labute approximate surface area is 195 Å². The Morgan fingerprint density at radius 2 is 1.78 bits per heavy atom. The van der Waals surface area contributed by atoms with Crippen molar-refractivity contribution in [3.05, 3.63) is 57.1 Å². The fourth-order valence-corrected chi connectivity index (χ4v) is 3.78. The zero-order valence-corrected chi connectivity index (χ0v) is 20.0. The highest BCUT2D eigenvalue weighted by atomic mass is 79.9. The number of barbiturate groups is 1. The zero-order valence-electron chi connectivity index (χ0n) is 18.5. The van der Waals surface area contributed by atoms with Crippen LogP contribution in [0.3, 0.4) is 0 Å². The molecule has 1 saturated heterocycles. The van der Waals surface area contributed by atoms with Crippen LogP contribution in [0.2, 0.25) is 0 Å². The Morgan fingerprint density at radius 3 is 2.44 bits per heavy atom. The van der Waals surface area contributed by atoms with Crippen LogP contribution in [0.25, 0.3) is 6.08 Å². The van der Waals surface area contributed by atoms with Gasteiger partial charge in [-0.15, -0.1) is 0 Å². The average Bonchev–Trinajstić information content (AvgIpc) is 2.73. The third-order valence-electron chi connectivity index (χ3n) is 4.94. The van der Waals surface area contributed by atoms with Crippen molar-refractivity contribution in [2.24, 2.45) is 0 Å². The van der Waals surface area contributed by atoms with Crippen LogP contribution in [-0.4, -0.2) is 31.1 Å². The first-order valence-corrected chi connectivity index (χ1v) is 11.1. The minimum absolute atomic E-state index is 0.153. The van der Waals surface area contributed by atoms with E-state index in [1.54, 1.807) is 24.3 Å². The minimum Gasteiger partial charge on any atom is -0.490 e. The molecule has 0 atom stereocenters. The molecule has 8 heteroatoms. The van der Waals surface area contributed by atoms with Gasteiger partial charge in [0.2, 0.25) is 0 Å². The van der Waals surface area contributed by atoms with Gasteiger partial charge in [0, 0.05) is 0 Å². The molecule has 1 aliphatic rings. The number of carbonyl (C=O) groups is 3. The van der Waals surface area contributed by atoms with Gasteiger partial charge < -0.3 is 9.47 Å². The number of anilines is 1. The summed E-state index contributed by atoms with van der Waals surface area (Å²) in [6, 6.07) is 7.90. The van der Waals surface area contributed by atoms with E-state index in [1.807, 2.05) is 33.8 Å². The first kappa shape index (κ1) is 23.5. The summed E-state index contributed by atoms with van der Waals surface area (Å²) in [5.74, 6) is -0.391. The molecule has 1 heterocycles. The van der Waals surface area contributed by atoms with E-state index >= 15 is 0 Å².